The molecule has 182 valence electrons. The maximum atomic E-state index is 13.2. The van der Waals surface area contributed by atoms with Crippen molar-refractivity contribution in [2.45, 2.75) is 6.04 Å². The molecule has 1 fully saturated rings. The van der Waals surface area contributed by atoms with Gasteiger partial charge in [-0.3, -0.25) is 24.6 Å². The molecule has 1 saturated heterocycles. The first-order valence-corrected chi connectivity index (χ1v) is 10.6. The summed E-state index contributed by atoms with van der Waals surface area (Å²) in [5, 5.41) is 22.4. The molecule has 4 rings (SSSR count). The van der Waals surface area contributed by atoms with E-state index in [2.05, 4.69) is 0 Å². The van der Waals surface area contributed by atoms with E-state index in [0.29, 0.717) is 11.3 Å². The van der Waals surface area contributed by atoms with E-state index >= 15 is 0 Å². The van der Waals surface area contributed by atoms with E-state index in [4.69, 9.17) is 9.47 Å². The van der Waals surface area contributed by atoms with E-state index in [1.54, 1.807) is 24.3 Å². The second kappa shape index (κ2) is 9.71. The zero-order valence-corrected chi connectivity index (χ0v) is 19.2. The topological polar surface area (TPSA) is 136 Å². The zero-order valence-electron chi connectivity index (χ0n) is 19.2. The van der Waals surface area contributed by atoms with E-state index in [9.17, 15) is 29.6 Å². The van der Waals surface area contributed by atoms with Crippen molar-refractivity contribution in [1.82, 2.24) is 0 Å². The summed E-state index contributed by atoms with van der Waals surface area (Å²) in [7, 11) is 2.70. The predicted molar refractivity (Wildman–Crippen MR) is 129 cm³/mol. The van der Waals surface area contributed by atoms with E-state index in [1.807, 2.05) is 0 Å². The lowest BCUT2D eigenvalue weighted by Crippen LogP contribution is -2.29. The van der Waals surface area contributed by atoms with Crippen LogP contribution in [-0.4, -0.2) is 41.9 Å². The Kier molecular flexibility index (Phi) is 6.51. The number of non-ortho nitro benzene ring substituents is 1. The molecule has 10 nitrogen and oxygen atoms in total. The van der Waals surface area contributed by atoms with Gasteiger partial charge in [-0.15, -0.1) is 0 Å². The quantitative estimate of drug-likeness (QED) is 0.137. The van der Waals surface area contributed by atoms with Crippen molar-refractivity contribution in [2.75, 3.05) is 19.1 Å². The number of nitro benzene ring substituents is 1. The van der Waals surface area contributed by atoms with E-state index in [0.717, 1.165) is 6.07 Å². The molecule has 0 bridgehead atoms. The van der Waals surface area contributed by atoms with Crippen LogP contribution in [-0.2, 0) is 14.3 Å². The first-order valence-electron chi connectivity index (χ1n) is 10.6. The van der Waals surface area contributed by atoms with Crippen molar-refractivity contribution in [2.24, 2.45) is 0 Å². The van der Waals surface area contributed by atoms with Crippen molar-refractivity contribution in [3.8, 4) is 5.75 Å². The lowest BCUT2D eigenvalue weighted by Gasteiger charge is -2.25. The number of anilines is 1. The van der Waals surface area contributed by atoms with Gasteiger partial charge in [0, 0.05) is 23.4 Å². The Morgan fingerprint density at radius 1 is 0.972 bits per heavy atom. The molecule has 0 saturated carbocycles. The Balaban J connectivity index is 1.92. The predicted octanol–water partition coefficient (Wildman–Crippen LogP) is 4.02. The van der Waals surface area contributed by atoms with Gasteiger partial charge in [-0.05, 0) is 42.0 Å². The lowest BCUT2D eigenvalue weighted by atomic mass is 9.94. The van der Waals surface area contributed by atoms with Gasteiger partial charge in [0.2, 0.25) is 0 Å². The molecule has 0 radical (unpaired) electrons. The van der Waals surface area contributed by atoms with Crippen LogP contribution in [0.25, 0.3) is 5.76 Å². The number of ketones is 1. The average molecular weight is 488 g/mol. The highest BCUT2D eigenvalue weighted by molar-refractivity contribution is 6.51. The molecule has 3 aromatic rings. The molecule has 1 amide bonds. The van der Waals surface area contributed by atoms with Gasteiger partial charge in [0.05, 0.1) is 36.3 Å². The number of nitro groups is 1. The normalized spacial score (nSPS) is 16.6. The van der Waals surface area contributed by atoms with Gasteiger partial charge in [-0.1, -0.05) is 24.3 Å². The fourth-order valence-electron chi connectivity index (χ4n) is 4.02. The van der Waals surface area contributed by atoms with Crippen LogP contribution in [0.3, 0.4) is 0 Å². The Labute approximate surface area is 205 Å². The van der Waals surface area contributed by atoms with E-state index < -0.39 is 34.4 Å². The number of Topliss-reactive ketones (excluding diaryl/α,β-unsaturated/α-hetero) is 1. The average Bonchev–Trinajstić information content (AvgIpc) is 3.18. The summed E-state index contributed by atoms with van der Waals surface area (Å²) in [4.78, 5) is 50.1. The Bertz CT molecular complexity index is 1410. The first kappa shape index (κ1) is 24.1. The molecule has 0 aliphatic carbocycles. The minimum atomic E-state index is -1.08. The van der Waals surface area contributed by atoms with Gasteiger partial charge >= 0.3 is 5.97 Å². The zero-order chi connectivity index (χ0) is 26.0. The third-order valence-corrected chi connectivity index (χ3v) is 5.75. The molecule has 0 aromatic heterocycles. The molecule has 0 spiro atoms. The fourth-order valence-corrected chi connectivity index (χ4v) is 4.02. The van der Waals surface area contributed by atoms with Crippen LogP contribution < -0.4 is 9.64 Å². The van der Waals surface area contributed by atoms with Gasteiger partial charge in [-0.2, -0.15) is 0 Å². The van der Waals surface area contributed by atoms with Crippen molar-refractivity contribution >= 4 is 34.8 Å². The smallest absolute Gasteiger partial charge is 0.337 e. The highest BCUT2D eigenvalue weighted by Gasteiger charge is 2.47. The van der Waals surface area contributed by atoms with Crippen LogP contribution in [0.15, 0.2) is 78.4 Å². The maximum absolute atomic E-state index is 13.2. The Morgan fingerprint density at radius 2 is 1.67 bits per heavy atom. The molecule has 10 heteroatoms. The monoisotopic (exact) mass is 488 g/mol. The summed E-state index contributed by atoms with van der Waals surface area (Å²) >= 11 is 0. The number of benzene rings is 3. The van der Waals surface area contributed by atoms with Gasteiger partial charge in [-0.25, -0.2) is 4.79 Å². The number of carbonyl (C=O) groups is 3. The molecule has 1 N–H and O–H groups in total. The molecule has 1 unspecified atom stereocenters. The summed E-state index contributed by atoms with van der Waals surface area (Å²) in [6.07, 6.45) is 0. The molecular formula is C26H20N2O8. The molecule has 1 heterocycles. The molecule has 1 aliphatic rings. The molecule has 1 atom stereocenters. The standard InChI is InChI=1S/C26H20N2O8/c1-35-20-8-4-5-16(14-20)22-21(23(29)17-6-3-7-19(13-17)28(33)34)24(30)25(31)27(22)18-11-9-15(10-12-18)26(32)36-2/h3-14,22,29H,1-2H3/b23-21-. The first-order chi connectivity index (χ1) is 17.3. The number of ether oxygens (including phenoxy) is 2. The van der Waals surface area contributed by atoms with Crippen LogP contribution in [0.1, 0.15) is 27.5 Å². The number of rotatable bonds is 6. The van der Waals surface area contributed by atoms with Crippen molar-refractivity contribution in [3.63, 3.8) is 0 Å². The third kappa shape index (κ3) is 4.27. The van der Waals surface area contributed by atoms with Crippen molar-refractivity contribution < 1.29 is 33.9 Å². The van der Waals surface area contributed by atoms with Crippen LogP contribution in [0, 0.1) is 10.1 Å². The number of esters is 1. The van der Waals surface area contributed by atoms with Gasteiger partial charge in [0.15, 0.2) is 0 Å². The van der Waals surface area contributed by atoms with Crippen LogP contribution >= 0.6 is 0 Å². The number of nitrogens with zero attached hydrogens (tertiary/aromatic N) is 2. The Morgan fingerprint density at radius 3 is 2.31 bits per heavy atom. The summed E-state index contributed by atoms with van der Waals surface area (Å²) in [5.74, 6) is -2.56. The number of hydrogen-bond donors (Lipinski definition) is 1. The van der Waals surface area contributed by atoms with Gasteiger partial charge in [0.1, 0.15) is 11.5 Å². The molecule has 3 aromatic carbocycles. The number of aliphatic hydroxyl groups excluding tert-OH is 1. The lowest BCUT2D eigenvalue weighted by molar-refractivity contribution is -0.384. The largest absolute Gasteiger partial charge is 0.507 e. The van der Waals surface area contributed by atoms with Crippen LogP contribution in [0.2, 0.25) is 0 Å². The number of hydrogen-bond acceptors (Lipinski definition) is 8. The number of carbonyl (C=O) groups excluding carboxylic acids is 3. The molecule has 1 aliphatic heterocycles. The second-order valence-electron chi connectivity index (χ2n) is 7.79. The van der Waals surface area contributed by atoms with E-state index in [-0.39, 0.29) is 28.1 Å². The second-order valence-corrected chi connectivity index (χ2v) is 7.79. The number of aliphatic hydroxyl groups is 1. The number of amides is 1. The fraction of sp³-hybridized carbons (Fsp3) is 0.115. The summed E-state index contributed by atoms with van der Waals surface area (Å²) in [6.45, 7) is 0. The highest BCUT2D eigenvalue weighted by atomic mass is 16.6. The van der Waals surface area contributed by atoms with Gasteiger partial charge in [0.25, 0.3) is 17.4 Å². The summed E-state index contributed by atoms with van der Waals surface area (Å²) in [6, 6.07) is 16.6. The molecular weight excluding hydrogens is 468 g/mol. The summed E-state index contributed by atoms with van der Waals surface area (Å²) in [5.41, 5.74) is 0.465. The Hall–Kier alpha value is -4.99. The van der Waals surface area contributed by atoms with Crippen LogP contribution in [0.4, 0.5) is 11.4 Å². The third-order valence-electron chi connectivity index (χ3n) is 5.75. The molecule has 36 heavy (non-hydrogen) atoms. The van der Waals surface area contributed by atoms with Gasteiger partial charge < -0.3 is 14.6 Å². The minimum absolute atomic E-state index is 0.0103. The minimum Gasteiger partial charge on any atom is -0.507 e. The van der Waals surface area contributed by atoms with Crippen LogP contribution in [0.5, 0.6) is 5.75 Å². The maximum Gasteiger partial charge on any atom is 0.337 e. The SMILES string of the molecule is COC(=O)c1ccc(N2C(=O)C(=O)/C(=C(\O)c3cccc([N+](=O)[O-])c3)C2c2cccc(OC)c2)cc1. The highest BCUT2D eigenvalue weighted by Crippen LogP contribution is 2.43. The van der Waals surface area contributed by atoms with Crippen molar-refractivity contribution in [3.05, 3.63) is 105 Å². The van der Waals surface area contributed by atoms with E-state index in [1.165, 1.54) is 61.6 Å². The van der Waals surface area contributed by atoms with Crippen molar-refractivity contribution in [1.29, 1.82) is 0 Å². The number of methoxy groups -OCH3 is 2. The summed E-state index contributed by atoms with van der Waals surface area (Å²) < 4.78 is 10.00.